The molecule has 6 rings (SSSR count). The summed E-state index contributed by atoms with van der Waals surface area (Å²) in [6.45, 7) is 10.3. The van der Waals surface area contributed by atoms with Gasteiger partial charge >= 0.3 is 5.97 Å². The average molecular weight is 973 g/mol. The first-order chi connectivity index (χ1) is 33.1. The lowest BCUT2D eigenvalue weighted by molar-refractivity contribution is -0.305. The van der Waals surface area contributed by atoms with E-state index in [-0.39, 0.29) is 51.2 Å². The van der Waals surface area contributed by atoms with Crippen LogP contribution in [0.25, 0.3) is 11.0 Å². The van der Waals surface area contributed by atoms with Crippen molar-refractivity contribution in [3.8, 4) is 0 Å². The van der Waals surface area contributed by atoms with E-state index in [0.717, 1.165) is 16.6 Å². The number of carbonyl (C=O) groups is 2. The number of nitrogens with zero attached hydrogens (tertiary/aromatic N) is 4. The van der Waals surface area contributed by atoms with Gasteiger partial charge in [-0.3, -0.25) is 9.59 Å². The Morgan fingerprint density at radius 3 is 2.41 bits per heavy atom. The largest absolute Gasteiger partial charge is 0.465 e. The van der Waals surface area contributed by atoms with Crippen LogP contribution in [0.5, 0.6) is 0 Å². The molecule has 4 aliphatic rings. The summed E-state index contributed by atoms with van der Waals surface area (Å²) in [6.07, 6.45) is -1.35. The molecule has 5 heterocycles. The van der Waals surface area contributed by atoms with E-state index in [2.05, 4.69) is 14.7 Å². The summed E-state index contributed by atoms with van der Waals surface area (Å²) in [5, 5.41) is 37.9. The highest BCUT2D eigenvalue weighted by molar-refractivity contribution is 5.91. The van der Waals surface area contributed by atoms with Crippen molar-refractivity contribution in [1.29, 1.82) is 0 Å². The van der Waals surface area contributed by atoms with Gasteiger partial charge < -0.3 is 72.3 Å². The molecule has 3 N–H and O–H groups in total. The molecular formula is C50H76N4O15. The second-order valence-corrected chi connectivity index (χ2v) is 19.2. The van der Waals surface area contributed by atoms with E-state index >= 15 is 0 Å². The molecule has 4 aliphatic heterocycles. The number of aromatic nitrogens is 2. The molecule has 0 saturated carbocycles. The SMILES string of the molecule is CO[C@@H]1[C@H](O)[C@@H](C)O[C@@H](OC[C@H]2/C=C(C)/C=C/C(=O)[C@H](C)CC3CCOC/C(=N\OCCCn4cnc5ccccc54)CO[C@H](CC(=O)OC2)[C@H](C)[C@H]3O[C@@H]2O[C@H](C)[C@@H](O)[C@H](N(C)C)[C@H]2O)[C@@H]1OC. The van der Waals surface area contributed by atoms with Crippen molar-refractivity contribution in [1.82, 2.24) is 14.5 Å². The summed E-state index contributed by atoms with van der Waals surface area (Å²) in [6, 6.07) is 7.22. The van der Waals surface area contributed by atoms with Crippen LogP contribution in [0.2, 0.25) is 0 Å². The predicted octanol–water partition coefficient (Wildman–Crippen LogP) is 3.45. The summed E-state index contributed by atoms with van der Waals surface area (Å²) in [7, 11) is 6.51. The van der Waals surface area contributed by atoms with E-state index in [0.29, 0.717) is 38.1 Å². The number of benzene rings is 1. The van der Waals surface area contributed by atoms with Crippen LogP contribution < -0.4 is 0 Å². The van der Waals surface area contributed by atoms with Gasteiger partial charge in [-0.1, -0.05) is 48.9 Å². The Bertz CT molecular complexity index is 2030. The zero-order chi connectivity index (χ0) is 49.8. The van der Waals surface area contributed by atoms with Gasteiger partial charge in [-0.2, -0.15) is 0 Å². The van der Waals surface area contributed by atoms with Crippen molar-refractivity contribution in [2.24, 2.45) is 28.8 Å². The Morgan fingerprint density at radius 2 is 1.65 bits per heavy atom. The van der Waals surface area contributed by atoms with Crippen molar-refractivity contribution >= 4 is 28.5 Å². The standard InChI is InChI=1S/C50H76N4O15/c1-29-15-16-39(55)30(2)22-35-17-20-62-26-36(52-66-19-12-18-54-28-51-37-13-10-11-14-38(37)54)27-63-40(31(3)46(35)69-49-45(59)42(53(6)7)43(57)32(4)67-49)23-41(56)64-24-34(21-29)25-65-50-48(61-9)47(60-8)44(58)33(5)68-50/h10-11,13-16,21,28,30-35,40,42-50,57-59H,12,17-20,22-27H2,1-9H3/b16-15+,29-21+,52-36+/t30-,31+,32-,33-,34+,35?,40-,42+,43-,44-,45-,46-,47-,48-,49+,50-/m1/s1. The summed E-state index contributed by atoms with van der Waals surface area (Å²) < 4.78 is 57.5. The minimum atomic E-state index is -1.25. The molecule has 19 heteroatoms. The summed E-state index contributed by atoms with van der Waals surface area (Å²) in [5.74, 6) is -2.54. The molecule has 16 atom stereocenters. The van der Waals surface area contributed by atoms with Gasteiger partial charge in [-0.15, -0.1) is 0 Å². The molecule has 0 aliphatic carbocycles. The molecule has 19 nitrogen and oxygen atoms in total. The number of imidazole rings is 1. The maximum Gasteiger partial charge on any atom is 0.308 e. The molecule has 386 valence electrons. The Labute approximate surface area is 405 Å². The number of cyclic esters (lactones) is 1. The first kappa shape index (κ1) is 54.6. The fourth-order valence-corrected chi connectivity index (χ4v) is 9.73. The van der Waals surface area contributed by atoms with Crippen molar-refractivity contribution in [2.75, 3.05) is 68.0 Å². The number of ketones is 1. The lowest BCUT2D eigenvalue weighted by Crippen LogP contribution is -2.63. The van der Waals surface area contributed by atoms with Crippen LogP contribution in [-0.4, -0.2) is 189 Å². The van der Waals surface area contributed by atoms with Gasteiger partial charge in [0.2, 0.25) is 0 Å². The Kier molecular flexibility index (Phi) is 20.7. The third-order valence-electron chi connectivity index (χ3n) is 13.7. The minimum Gasteiger partial charge on any atom is -0.465 e. The molecule has 1 unspecified atom stereocenters. The Balaban J connectivity index is 1.26. The molecule has 0 radical (unpaired) electrons. The first-order valence-electron chi connectivity index (χ1n) is 24.3. The van der Waals surface area contributed by atoms with Crippen LogP contribution in [-0.2, 0) is 63.6 Å². The maximum atomic E-state index is 14.1. The monoisotopic (exact) mass is 973 g/mol. The van der Waals surface area contributed by atoms with Crippen LogP contribution in [0.3, 0.4) is 0 Å². The summed E-state index contributed by atoms with van der Waals surface area (Å²) >= 11 is 0. The zero-order valence-electron chi connectivity index (χ0n) is 41.7. The highest BCUT2D eigenvalue weighted by Crippen LogP contribution is 2.36. The number of allylic oxidation sites excluding steroid dienone is 3. The number of aryl methyl sites for hydroxylation is 1. The molecule has 0 spiro atoms. The van der Waals surface area contributed by atoms with E-state index < -0.39 is 97.3 Å². The zero-order valence-corrected chi connectivity index (χ0v) is 41.7. The van der Waals surface area contributed by atoms with Crippen LogP contribution in [0, 0.1) is 23.7 Å². The second kappa shape index (κ2) is 26.1. The number of esters is 1. The lowest BCUT2D eigenvalue weighted by atomic mass is 9.79. The summed E-state index contributed by atoms with van der Waals surface area (Å²) in [4.78, 5) is 40.1. The molecule has 1 aromatic heterocycles. The van der Waals surface area contributed by atoms with E-state index in [1.807, 2.05) is 57.4 Å². The molecule has 2 bridgehead atoms. The summed E-state index contributed by atoms with van der Waals surface area (Å²) in [5.41, 5.74) is 3.17. The van der Waals surface area contributed by atoms with Crippen LogP contribution in [0.15, 0.2) is 59.5 Å². The highest BCUT2D eigenvalue weighted by atomic mass is 16.7. The number of para-hydroxylation sites is 2. The van der Waals surface area contributed by atoms with Crippen molar-refractivity contribution < 1.29 is 72.4 Å². The van der Waals surface area contributed by atoms with Gasteiger partial charge in [0, 0.05) is 51.5 Å². The van der Waals surface area contributed by atoms with E-state index in [9.17, 15) is 24.9 Å². The van der Waals surface area contributed by atoms with Crippen LogP contribution in [0.4, 0.5) is 0 Å². The van der Waals surface area contributed by atoms with Gasteiger partial charge in [-0.25, -0.2) is 4.98 Å². The quantitative estimate of drug-likeness (QED) is 0.149. The number of fused-ring (bicyclic) bond motifs is 4. The minimum absolute atomic E-state index is 0.0318. The lowest BCUT2D eigenvalue weighted by Gasteiger charge is -2.47. The Morgan fingerprint density at radius 1 is 0.913 bits per heavy atom. The third-order valence-corrected chi connectivity index (χ3v) is 13.7. The molecule has 2 aromatic rings. The molecular weight excluding hydrogens is 897 g/mol. The normalized spacial score (nSPS) is 37.8. The highest BCUT2D eigenvalue weighted by Gasteiger charge is 2.48. The number of aliphatic hydroxyl groups excluding tert-OH is 3. The average Bonchev–Trinajstić information content (AvgIpc) is 3.73. The number of likely N-dealkylation sites (N-methyl/N-ethyl adjacent to an activating group) is 1. The third kappa shape index (κ3) is 14.5. The van der Waals surface area contributed by atoms with Gasteiger partial charge in [-0.05, 0) is 71.8 Å². The van der Waals surface area contributed by atoms with Crippen molar-refractivity contribution in [2.45, 2.75) is 140 Å². The van der Waals surface area contributed by atoms with E-state index in [1.165, 1.54) is 14.2 Å². The van der Waals surface area contributed by atoms with Crippen molar-refractivity contribution in [3.05, 3.63) is 54.4 Å². The maximum absolute atomic E-state index is 14.1. The first-order valence-corrected chi connectivity index (χ1v) is 24.3. The number of hydrogen-bond acceptors (Lipinski definition) is 18. The van der Waals surface area contributed by atoms with E-state index in [4.69, 9.17) is 47.5 Å². The number of rotatable bonds is 13. The van der Waals surface area contributed by atoms with Crippen molar-refractivity contribution in [3.63, 3.8) is 0 Å². The van der Waals surface area contributed by atoms with Gasteiger partial charge in [0.15, 0.2) is 18.4 Å². The smallest absolute Gasteiger partial charge is 0.308 e. The molecule has 69 heavy (non-hydrogen) atoms. The number of oxime groups is 1. The number of hydrogen-bond donors (Lipinski definition) is 3. The predicted molar refractivity (Wildman–Crippen MR) is 253 cm³/mol. The van der Waals surface area contributed by atoms with Crippen LogP contribution >= 0.6 is 0 Å². The fourth-order valence-electron chi connectivity index (χ4n) is 9.73. The number of carbonyl (C=O) groups excluding carboxylic acids is 2. The molecule has 3 fully saturated rings. The van der Waals surface area contributed by atoms with Crippen LogP contribution in [0.1, 0.15) is 60.3 Å². The van der Waals surface area contributed by atoms with E-state index in [1.54, 1.807) is 45.0 Å². The van der Waals surface area contributed by atoms with Gasteiger partial charge in [0.1, 0.15) is 36.7 Å². The second-order valence-electron chi connectivity index (χ2n) is 19.2. The van der Waals surface area contributed by atoms with Gasteiger partial charge in [0.05, 0.1) is 86.8 Å². The number of ether oxygens (including phenoxy) is 9. The fraction of sp³-hybridized carbons (Fsp3) is 0.720. The molecule has 3 saturated heterocycles. The number of aliphatic hydroxyl groups is 3. The molecule has 1 aromatic carbocycles. The van der Waals surface area contributed by atoms with Gasteiger partial charge in [0.25, 0.3) is 0 Å². The number of methoxy groups -OCH3 is 2. The Hall–Kier alpha value is -3.70. The topological polar surface area (TPSA) is 221 Å². The molecule has 0 amide bonds.